The summed E-state index contributed by atoms with van der Waals surface area (Å²) in [6, 6.07) is 2.99. The van der Waals surface area contributed by atoms with E-state index in [1.165, 1.54) is 18.9 Å². The van der Waals surface area contributed by atoms with Crippen LogP contribution in [0.4, 0.5) is 15.8 Å². The number of halogens is 1. The van der Waals surface area contributed by atoms with Crippen LogP contribution in [0.5, 0.6) is 5.75 Å². The molecule has 1 aromatic rings. The number of hydrogen-bond acceptors (Lipinski definition) is 4. The van der Waals surface area contributed by atoms with Crippen molar-refractivity contribution in [3.63, 3.8) is 0 Å². The van der Waals surface area contributed by atoms with Gasteiger partial charge in [-0.25, -0.2) is 4.39 Å². The minimum atomic E-state index is -0.400. The monoisotopic (exact) mass is 284 g/mol. The van der Waals surface area contributed by atoms with Crippen molar-refractivity contribution in [2.24, 2.45) is 0 Å². The van der Waals surface area contributed by atoms with E-state index >= 15 is 0 Å². The summed E-state index contributed by atoms with van der Waals surface area (Å²) < 4.78 is 19.4. The van der Waals surface area contributed by atoms with Gasteiger partial charge in [-0.3, -0.25) is 0 Å². The van der Waals surface area contributed by atoms with Crippen LogP contribution in [-0.2, 0) is 0 Å². The predicted octanol–water partition coefficient (Wildman–Crippen LogP) is 3.50. The third-order valence-electron chi connectivity index (χ3n) is 3.41. The van der Waals surface area contributed by atoms with Crippen molar-refractivity contribution >= 4 is 23.1 Å². The Balaban J connectivity index is 2.06. The summed E-state index contributed by atoms with van der Waals surface area (Å²) in [5.74, 6) is -0.130. The molecule has 5 heteroatoms. The highest BCUT2D eigenvalue weighted by molar-refractivity contribution is 8.00. The highest BCUT2D eigenvalue weighted by atomic mass is 32.2. The van der Waals surface area contributed by atoms with E-state index in [0.29, 0.717) is 17.0 Å². The van der Waals surface area contributed by atoms with E-state index < -0.39 is 5.82 Å². The molecule has 1 saturated carbocycles. The predicted molar refractivity (Wildman–Crippen MR) is 80.6 cm³/mol. The Bertz CT molecular complexity index is 449. The SMILES string of the molecule is CCCOc1cc(NCC2(SC)CC2)c(N)cc1F. The van der Waals surface area contributed by atoms with Crippen LogP contribution in [0.2, 0.25) is 0 Å². The summed E-state index contributed by atoms with van der Waals surface area (Å²) in [4.78, 5) is 0. The van der Waals surface area contributed by atoms with Gasteiger partial charge in [-0.05, 0) is 25.5 Å². The van der Waals surface area contributed by atoms with Gasteiger partial charge in [0.15, 0.2) is 11.6 Å². The fourth-order valence-electron chi connectivity index (χ4n) is 1.89. The topological polar surface area (TPSA) is 47.3 Å². The zero-order valence-electron chi connectivity index (χ0n) is 11.5. The molecule has 0 aromatic heterocycles. The highest BCUT2D eigenvalue weighted by Gasteiger charge is 2.41. The van der Waals surface area contributed by atoms with E-state index in [1.807, 2.05) is 18.7 Å². The maximum Gasteiger partial charge on any atom is 0.167 e. The van der Waals surface area contributed by atoms with Crippen molar-refractivity contribution in [1.82, 2.24) is 0 Å². The largest absolute Gasteiger partial charge is 0.490 e. The second-order valence-corrected chi connectivity index (χ2v) is 6.23. The maximum atomic E-state index is 13.7. The first-order valence-corrected chi connectivity index (χ1v) is 7.83. The van der Waals surface area contributed by atoms with Gasteiger partial charge < -0.3 is 15.8 Å². The second kappa shape index (κ2) is 5.90. The van der Waals surface area contributed by atoms with Gasteiger partial charge in [-0.1, -0.05) is 6.92 Å². The molecule has 3 N–H and O–H groups in total. The average Bonchev–Trinajstić information content (AvgIpc) is 3.17. The molecule has 19 heavy (non-hydrogen) atoms. The molecule has 0 amide bonds. The molecule has 1 fully saturated rings. The molecule has 106 valence electrons. The fraction of sp³-hybridized carbons (Fsp3) is 0.571. The summed E-state index contributed by atoms with van der Waals surface area (Å²) >= 11 is 1.88. The lowest BCUT2D eigenvalue weighted by atomic mass is 10.2. The third-order valence-corrected chi connectivity index (χ3v) is 4.83. The number of hydrogen-bond donors (Lipinski definition) is 2. The number of anilines is 2. The third kappa shape index (κ3) is 3.47. The molecule has 0 unspecified atom stereocenters. The Hall–Kier alpha value is -1.10. The second-order valence-electron chi connectivity index (χ2n) is 4.96. The molecule has 0 aliphatic heterocycles. The number of nitrogens with one attached hydrogen (secondary N) is 1. The molecule has 1 aromatic carbocycles. The molecule has 0 bridgehead atoms. The number of nitrogens with two attached hydrogens (primary N) is 1. The molecular formula is C14H21FN2OS. The smallest absolute Gasteiger partial charge is 0.167 e. The Labute approximate surface area is 118 Å². The molecule has 0 heterocycles. The van der Waals surface area contributed by atoms with E-state index in [4.69, 9.17) is 10.5 Å². The number of nitrogen functional groups attached to an aromatic ring is 1. The minimum Gasteiger partial charge on any atom is -0.490 e. The van der Waals surface area contributed by atoms with Crippen molar-refractivity contribution in [1.29, 1.82) is 0 Å². The molecule has 1 aliphatic rings. The Kier molecular flexibility index (Phi) is 4.45. The normalized spacial score (nSPS) is 16.2. The maximum absolute atomic E-state index is 13.7. The van der Waals surface area contributed by atoms with Gasteiger partial charge in [-0.2, -0.15) is 11.8 Å². The van der Waals surface area contributed by atoms with Crippen LogP contribution in [-0.4, -0.2) is 24.2 Å². The van der Waals surface area contributed by atoms with Gasteiger partial charge in [0.2, 0.25) is 0 Å². The summed E-state index contributed by atoms with van der Waals surface area (Å²) in [5, 5.41) is 3.32. The van der Waals surface area contributed by atoms with Crippen LogP contribution in [0.1, 0.15) is 26.2 Å². The van der Waals surface area contributed by atoms with Gasteiger partial charge >= 0.3 is 0 Å². The minimum absolute atomic E-state index is 0.271. The van der Waals surface area contributed by atoms with Crippen LogP contribution in [0.15, 0.2) is 12.1 Å². The molecule has 0 radical (unpaired) electrons. The summed E-state index contributed by atoms with van der Waals surface area (Å²) in [6.45, 7) is 3.36. The summed E-state index contributed by atoms with van der Waals surface area (Å²) in [6.07, 6.45) is 5.42. The fourth-order valence-corrected chi connectivity index (χ4v) is 2.62. The Morgan fingerprint density at radius 1 is 1.47 bits per heavy atom. The van der Waals surface area contributed by atoms with Crippen molar-refractivity contribution in [2.45, 2.75) is 30.9 Å². The van der Waals surface area contributed by atoms with Crippen LogP contribution < -0.4 is 15.8 Å². The Morgan fingerprint density at radius 3 is 2.79 bits per heavy atom. The molecule has 3 nitrogen and oxygen atoms in total. The molecule has 0 atom stereocenters. The zero-order chi connectivity index (χ0) is 13.9. The summed E-state index contributed by atoms with van der Waals surface area (Å²) in [5.41, 5.74) is 7.03. The van der Waals surface area contributed by atoms with Crippen molar-refractivity contribution in [2.75, 3.05) is 30.5 Å². The number of rotatable bonds is 7. The zero-order valence-corrected chi connectivity index (χ0v) is 12.3. The van der Waals surface area contributed by atoms with Crippen LogP contribution in [0, 0.1) is 5.82 Å². The molecule has 0 spiro atoms. The number of thioether (sulfide) groups is 1. The van der Waals surface area contributed by atoms with Gasteiger partial charge in [0.1, 0.15) is 0 Å². The van der Waals surface area contributed by atoms with E-state index in [-0.39, 0.29) is 5.75 Å². The van der Waals surface area contributed by atoms with Gasteiger partial charge in [0, 0.05) is 23.4 Å². The Morgan fingerprint density at radius 2 is 2.21 bits per heavy atom. The molecule has 2 rings (SSSR count). The first kappa shape index (κ1) is 14.3. The van der Waals surface area contributed by atoms with Gasteiger partial charge in [-0.15, -0.1) is 0 Å². The molecule has 0 saturated heterocycles. The standard InChI is InChI=1S/C14H21FN2OS/c1-3-6-18-13-8-12(11(16)7-10(13)15)17-9-14(19-2)4-5-14/h7-8,17H,3-6,9,16H2,1-2H3. The van der Waals surface area contributed by atoms with Crippen LogP contribution in [0.3, 0.4) is 0 Å². The number of ether oxygens (including phenoxy) is 1. The summed E-state index contributed by atoms with van der Waals surface area (Å²) in [7, 11) is 0. The van der Waals surface area contributed by atoms with E-state index in [9.17, 15) is 4.39 Å². The average molecular weight is 284 g/mol. The lowest BCUT2D eigenvalue weighted by Gasteiger charge is -2.17. The molecular weight excluding hydrogens is 263 g/mol. The lowest BCUT2D eigenvalue weighted by molar-refractivity contribution is 0.301. The highest BCUT2D eigenvalue weighted by Crippen LogP contribution is 2.47. The first-order valence-electron chi connectivity index (χ1n) is 6.61. The first-order chi connectivity index (χ1) is 9.10. The van der Waals surface area contributed by atoms with E-state index in [2.05, 4.69) is 11.6 Å². The van der Waals surface area contributed by atoms with Gasteiger partial charge in [0.05, 0.1) is 18.0 Å². The van der Waals surface area contributed by atoms with Crippen LogP contribution in [0.25, 0.3) is 0 Å². The quantitative estimate of drug-likeness (QED) is 0.752. The lowest BCUT2D eigenvalue weighted by Crippen LogP contribution is -2.18. The van der Waals surface area contributed by atoms with Crippen molar-refractivity contribution in [3.05, 3.63) is 17.9 Å². The van der Waals surface area contributed by atoms with E-state index in [1.54, 1.807) is 6.07 Å². The molecule has 1 aliphatic carbocycles. The van der Waals surface area contributed by atoms with Crippen LogP contribution >= 0.6 is 11.8 Å². The van der Waals surface area contributed by atoms with Crippen molar-refractivity contribution < 1.29 is 9.13 Å². The van der Waals surface area contributed by atoms with Gasteiger partial charge in [0.25, 0.3) is 0 Å². The van der Waals surface area contributed by atoms with E-state index in [0.717, 1.165) is 18.7 Å². The number of benzene rings is 1. The van der Waals surface area contributed by atoms with Crippen molar-refractivity contribution in [3.8, 4) is 5.75 Å².